The smallest absolute Gasteiger partial charge is 0.412 e. The van der Waals surface area contributed by atoms with Gasteiger partial charge in [-0.2, -0.15) is 0 Å². The van der Waals surface area contributed by atoms with Gasteiger partial charge < -0.3 is 64.6 Å². The first-order valence-electron chi connectivity index (χ1n) is 0.548. The van der Waals surface area contributed by atoms with Crippen molar-refractivity contribution < 1.29 is 70.9 Å². The van der Waals surface area contributed by atoms with E-state index in [1.165, 1.54) is 0 Å². The van der Waals surface area contributed by atoms with E-state index >= 15 is 0 Å². The minimum Gasteiger partial charge on any atom is -0.412 e. The molecular formula is H18NNiO12+. The van der Waals surface area contributed by atoms with E-state index in [1.807, 2.05) is 0 Å². The van der Waals surface area contributed by atoms with Gasteiger partial charge in [0, 0.05) is 0 Å². The summed E-state index contributed by atoms with van der Waals surface area (Å²) < 4.78 is 0. The van der Waals surface area contributed by atoms with Crippen LogP contribution in [0.1, 0.15) is 0 Å². The van der Waals surface area contributed by atoms with Crippen LogP contribution in [0.4, 0.5) is 0 Å². The summed E-state index contributed by atoms with van der Waals surface area (Å²) in [5, 5.41) is 14.8. The third kappa shape index (κ3) is 2720. The van der Waals surface area contributed by atoms with Gasteiger partial charge in [0.05, 0.1) is 5.09 Å². The third-order valence-electron chi connectivity index (χ3n) is 0. The Labute approximate surface area is 87.1 Å². The second-order valence-electron chi connectivity index (χ2n) is 0.224. The van der Waals surface area contributed by atoms with Crippen LogP contribution in [0.25, 0.3) is 0 Å². The van der Waals surface area contributed by atoms with Gasteiger partial charge in [-0.25, -0.2) is 0 Å². The van der Waals surface area contributed by atoms with Gasteiger partial charge in [-0.15, -0.1) is 0 Å². The maximum Gasteiger partial charge on any atom is 2.00 e. The summed E-state index contributed by atoms with van der Waals surface area (Å²) in [6.45, 7) is 0. The Bertz CT molecular complexity index is 33.3. The van der Waals surface area contributed by atoms with Gasteiger partial charge in [0.1, 0.15) is 0 Å². The average Bonchev–Trinajstić information content (AvgIpc) is 0.811. The summed E-state index contributed by atoms with van der Waals surface area (Å²) in [6.07, 6.45) is 0. The van der Waals surface area contributed by atoms with E-state index in [0.717, 1.165) is 0 Å². The maximum atomic E-state index is 8.25. The van der Waals surface area contributed by atoms with Crippen LogP contribution >= 0.6 is 0 Å². The Balaban J connectivity index is -0.000000001000. The molecule has 0 fully saturated rings. The average molecular weight is 283 g/mol. The molecule has 104 valence electrons. The predicted octanol–water partition coefficient (Wildman–Crippen LogP) is -7.66. The number of hydrogen-bond acceptors (Lipinski definition) is 3. The van der Waals surface area contributed by atoms with Crippen molar-refractivity contribution in [3.05, 3.63) is 15.3 Å². The molecule has 14 heavy (non-hydrogen) atoms. The van der Waals surface area contributed by atoms with Crippen molar-refractivity contribution in [2.75, 3.05) is 0 Å². The summed E-state index contributed by atoms with van der Waals surface area (Å²) in [5.41, 5.74) is 0. The molecule has 0 atom stereocenters. The van der Waals surface area contributed by atoms with Crippen LogP contribution in [-0.4, -0.2) is 54.4 Å². The normalized spacial score (nSPS) is 1.71. The van der Waals surface area contributed by atoms with Gasteiger partial charge in [-0.3, -0.25) is 0 Å². The Hall–Kier alpha value is -0.666. The van der Waals surface area contributed by atoms with Crippen LogP contribution in [-0.2, 0) is 16.5 Å². The molecule has 18 N–H and O–H groups in total. The van der Waals surface area contributed by atoms with Crippen molar-refractivity contribution in [2.24, 2.45) is 0 Å². The number of rotatable bonds is 0. The standard InChI is InChI=1S/NO3.Ni.9H2O/c2-1(3)4;;;;;;;;;;/h;;9*1H2/q-1;+2;;;;;;;;;. The van der Waals surface area contributed by atoms with Crippen LogP contribution < -0.4 is 0 Å². The van der Waals surface area contributed by atoms with Crippen LogP contribution in [0.3, 0.4) is 0 Å². The molecule has 0 heterocycles. The van der Waals surface area contributed by atoms with Gasteiger partial charge in [0.15, 0.2) is 0 Å². The molecule has 0 spiro atoms. The van der Waals surface area contributed by atoms with Crippen molar-refractivity contribution >= 4 is 0 Å². The van der Waals surface area contributed by atoms with E-state index < -0.39 is 5.09 Å². The van der Waals surface area contributed by atoms with Crippen LogP contribution in [0.2, 0.25) is 0 Å². The van der Waals surface area contributed by atoms with Crippen LogP contribution in [0, 0.1) is 15.3 Å². The molecule has 0 radical (unpaired) electrons. The topological polar surface area (TPSA) is 350 Å². The third-order valence-corrected chi connectivity index (χ3v) is 0. The van der Waals surface area contributed by atoms with E-state index in [9.17, 15) is 0 Å². The van der Waals surface area contributed by atoms with E-state index in [2.05, 4.69) is 0 Å². The fraction of sp³-hybridized carbons (Fsp3) is 0. The fourth-order valence-electron chi connectivity index (χ4n) is 0. The van der Waals surface area contributed by atoms with E-state index in [0.29, 0.717) is 0 Å². The van der Waals surface area contributed by atoms with E-state index in [4.69, 9.17) is 15.3 Å². The molecule has 0 rings (SSSR count). The molecule has 0 saturated heterocycles. The first-order chi connectivity index (χ1) is 1.73. The zero-order valence-corrected chi connectivity index (χ0v) is 7.48. The summed E-state index contributed by atoms with van der Waals surface area (Å²) in [4.78, 5) is 8.25. The molecule has 0 aromatic carbocycles. The van der Waals surface area contributed by atoms with Crippen LogP contribution in [0.15, 0.2) is 0 Å². The number of nitrogens with zero attached hydrogens (tertiary/aromatic N) is 1. The van der Waals surface area contributed by atoms with Gasteiger partial charge >= 0.3 is 16.5 Å². The molecule has 13 nitrogen and oxygen atoms in total. The van der Waals surface area contributed by atoms with Gasteiger partial charge in [0.2, 0.25) is 0 Å². The van der Waals surface area contributed by atoms with Crippen molar-refractivity contribution in [1.82, 2.24) is 0 Å². The van der Waals surface area contributed by atoms with E-state index in [-0.39, 0.29) is 65.8 Å². The molecule has 0 amide bonds. The van der Waals surface area contributed by atoms with Crippen molar-refractivity contribution in [1.29, 1.82) is 0 Å². The second kappa shape index (κ2) is 291. The summed E-state index contributed by atoms with van der Waals surface area (Å²) >= 11 is 0. The molecular weight excluding hydrogens is 265 g/mol. The largest absolute Gasteiger partial charge is 2.00 e. The molecule has 0 aliphatic rings. The Morgan fingerprint density at radius 1 is 0.571 bits per heavy atom. The summed E-state index contributed by atoms with van der Waals surface area (Å²) in [6, 6.07) is 0. The molecule has 0 unspecified atom stereocenters. The minimum absolute atomic E-state index is 0. The monoisotopic (exact) mass is 282 g/mol. The quantitative estimate of drug-likeness (QED) is 0.237. The number of hydrogen-bond donors (Lipinski definition) is 0. The molecule has 0 saturated carbocycles. The molecule has 0 aliphatic carbocycles. The zero-order chi connectivity index (χ0) is 3.58. The predicted molar refractivity (Wildman–Crippen MR) is 42.9 cm³/mol. The maximum absolute atomic E-state index is 8.25. The van der Waals surface area contributed by atoms with Crippen LogP contribution in [0.5, 0.6) is 0 Å². The molecule has 0 aliphatic heterocycles. The van der Waals surface area contributed by atoms with Crippen molar-refractivity contribution in [3.63, 3.8) is 0 Å². The van der Waals surface area contributed by atoms with Crippen molar-refractivity contribution in [2.45, 2.75) is 0 Å². The second-order valence-corrected chi connectivity index (χ2v) is 0.224. The Morgan fingerprint density at radius 2 is 0.571 bits per heavy atom. The molecule has 14 heteroatoms. The zero-order valence-electron chi connectivity index (χ0n) is 6.49. The van der Waals surface area contributed by atoms with Crippen molar-refractivity contribution in [3.8, 4) is 0 Å². The van der Waals surface area contributed by atoms with Gasteiger partial charge in [-0.1, -0.05) is 0 Å². The first kappa shape index (κ1) is 372. The molecule has 0 aromatic rings. The molecule has 0 bridgehead atoms. The first-order valence-corrected chi connectivity index (χ1v) is 0.548. The fourth-order valence-corrected chi connectivity index (χ4v) is 0. The van der Waals surface area contributed by atoms with Gasteiger partial charge in [0.25, 0.3) is 0 Å². The minimum atomic E-state index is -1.75. The SMILES string of the molecule is O.O.O.O.O.O.O.O.O.O=[N+]([O-])[O-].[Ni+2]. The molecule has 0 aromatic heterocycles. The van der Waals surface area contributed by atoms with E-state index in [1.54, 1.807) is 0 Å². The van der Waals surface area contributed by atoms with Gasteiger partial charge in [-0.05, 0) is 0 Å². The Kier molecular flexibility index (Phi) is 7740. The summed E-state index contributed by atoms with van der Waals surface area (Å²) in [7, 11) is 0. The summed E-state index contributed by atoms with van der Waals surface area (Å²) in [5.74, 6) is 0. The Morgan fingerprint density at radius 3 is 0.571 bits per heavy atom.